The lowest BCUT2D eigenvalue weighted by Crippen LogP contribution is -2.16. The molecule has 2 N–H and O–H groups in total. The molecule has 106 valence electrons. The van der Waals surface area contributed by atoms with E-state index in [9.17, 15) is 0 Å². The number of halogens is 1. The number of hydrogen-bond acceptors (Lipinski definition) is 3. The van der Waals surface area contributed by atoms with Crippen molar-refractivity contribution in [2.75, 3.05) is 13.7 Å². The van der Waals surface area contributed by atoms with Crippen LogP contribution in [0.15, 0.2) is 48.5 Å². The fourth-order valence-electron chi connectivity index (χ4n) is 1.99. The van der Waals surface area contributed by atoms with Crippen molar-refractivity contribution < 1.29 is 9.47 Å². The summed E-state index contributed by atoms with van der Waals surface area (Å²) in [6.07, 6.45) is -0.193. The Morgan fingerprint density at radius 3 is 2.45 bits per heavy atom. The van der Waals surface area contributed by atoms with Gasteiger partial charge in [0.2, 0.25) is 0 Å². The summed E-state index contributed by atoms with van der Waals surface area (Å²) < 4.78 is 11.2. The van der Waals surface area contributed by atoms with E-state index >= 15 is 0 Å². The van der Waals surface area contributed by atoms with Gasteiger partial charge in [-0.15, -0.1) is 0 Å². The van der Waals surface area contributed by atoms with Crippen molar-refractivity contribution in [3.8, 4) is 5.75 Å². The summed E-state index contributed by atoms with van der Waals surface area (Å²) in [4.78, 5) is 0. The number of benzene rings is 2. The minimum Gasteiger partial charge on any atom is -0.496 e. The Balaban J connectivity index is 2.07. The minimum absolute atomic E-state index is 0.193. The molecule has 0 radical (unpaired) electrons. The number of methoxy groups -OCH3 is 1. The third-order valence-electron chi connectivity index (χ3n) is 3.06. The van der Waals surface area contributed by atoms with Crippen LogP contribution in [-0.4, -0.2) is 13.7 Å². The first-order chi connectivity index (χ1) is 9.74. The molecular weight excluding hydrogens is 274 g/mol. The van der Waals surface area contributed by atoms with Crippen molar-refractivity contribution >= 4 is 11.6 Å². The molecule has 1 atom stereocenters. The first-order valence-electron chi connectivity index (χ1n) is 6.43. The number of ether oxygens (including phenoxy) is 2. The van der Waals surface area contributed by atoms with Crippen LogP contribution >= 0.6 is 11.6 Å². The van der Waals surface area contributed by atoms with Gasteiger partial charge in [0.05, 0.1) is 19.8 Å². The smallest absolute Gasteiger partial charge is 0.124 e. The van der Waals surface area contributed by atoms with Gasteiger partial charge in [-0.1, -0.05) is 41.9 Å². The average molecular weight is 292 g/mol. The van der Waals surface area contributed by atoms with Crippen LogP contribution in [0, 0.1) is 0 Å². The molecule has 20 heavy (non-hydrogen) atoms. The van der Waals surface area contributed by atoms with Crippen LogP contribution in [0.25, 0.3) is 0 Å². The van der Waals surface area contributed by atoms with E-state index in [0.717, 1.165) is 16.9 Å². The second kappa shape index (κ2) is 7.29. The van der Waals surface area contributed by atoms with Crippen LogP contribution in [0.3, 0.4) is 0 Å². The summed E-state index contributed by atoms with van der Waals surface area (Å²) in [7, 11) is 1.64. The topological polar surface area (TPSA) is 44.5 Å². The van der Waals surface area contributed by atoms with Crippen LogP contribution < -0.4 is 10.5 Å². The van der Waals surface area contributed by atoms with E-state index in [1.807, 2.05) is 48.5 Å². The maximum Gasteiger partial charge on any atom is 0.124 e. The lowest BCUT2D eigenvalue weighted by Gasteiger charge is -2.19. The van der Waals surface area contributed by atoms with Gasteiger partial charge in [-0.05, 0) is 23.8 Å². The highest BCUT2D eigenvalue weighted by molar-refractivity contribution is 6.30. The maximum atomic E-state index is 5.90. The molecule has 0 fully saturated rings. The second-order valence-corrected chi connectivity index (χ2v) is 4.84. The zero-order valence-electron chi connectivity index (χ0n) is 11.4. The molecule has 0 spiro atoms. The van der Waals surface area contributed by atoms with Gasteiger partial charge in [0.15, 0.2) is 0 Å². The van der Waals surface area contributed by atoms with Gasteiger partial charge in [-0.3, -0.25) is 0 Å². The first kappa shape index (κ1) is 14.9. The van der Waals surface area contributed by atoms with Crippen molar-refractivity contribution in [1.29, 1.82) is 0 Å². The molecule has 3 nitrogen and oxygen atoms in total. The number of para-hydroxylation sites is 1. The Morgan fingerprint density at radius 2 is 1.80 bits per heavy atom. The molecule has 2 rings (SSSR count). The summed E-state index contributed by atoms with van der Waals surface area (Å²) in [6, 6.07) is 15.3. The molecular formula is C16H18ClNO2. The van der Waals surface area contributed by atoms with Crippen LogP contribution in [0.4, 0.5) is 0 Å². The average Bonchev–Trinajstić information content (AvgIpc) is 2.50. The fourth-order valence-corrected chi connectivity index (χ4v) is 2.12. The fraction of sp³-hybridized carbons (Fsp3) is 0.250. The Morgan fingerprint density at radius 1 is 1.10 bits per heavy atom. The largest absolute Gasteiger partial charge is 0.496 e. The van der Waals surface area contributed by atoms with E-state index in [1.165, 1.54) is 0 Å². The van der Waals surface area contributed by atoms with E-state index in [0.29, 0.717) is 18.2 Å². The highest BCUT2D eigenvalue weighted by Crippen LogP contribution is 2.27. The molecule has 0 amide bonds. The Kier molecular flexibility index (Phi) is 5.41. The highest BCUT2D eigenvalue weighted by atomic mass is 35.5. The molecule has 0 aliphatic carbocycles. The lowest BCUT2D eigenvalue weighted by molar-refractivity contribution is 0.0441. The Labute approximate surface area is 124 Å². The molecule has 1 unspecified atom stereocenters. The summed E-state index contributed by atoms with van der Waals surface area (Å²) in [5, 5.41) is 0.717. The number of rotatable bonds is 6. The van der Waals surface area contributed by atoms with Crippen LogP contribution in [0.5, 0.6) is 5.75 Å². The molecule has 0 heterocycles. The predicted octanol–water partition coefficient (Wildman–Crippen LogP) is 3.57. The summed E-state index contributed by atoms with van der Waals surface area (Å²) in [6.45, 7) is 0.880. The molecule has 0 saturated carbocycles. The molecule has 0 aromatic heterocycles. The zero-order chi connectivity index (χ0) is 14.4. The summed E-state index contributed by atoms with van der Waals surface area (Å²) >= 11 is 5.86. The van der Waals surface area contributed by atoms with Gasteiger partial charge in [-0.2, -0.15) is 0 Å². The quantitative estimate of drug-likeness (QED) is 0.885. The maximum absolute atomic E-state index is 5.90. The van der Waals surface area contributed by atoms with Gasteiger partial charge >= 0.3 is 0 Å². The molecule has 4 heteroatoms. The van der Waals surface area contributed by atoms with Crippen molar-refractivity contribution in [2.24, 2.45) is 5.73 Å². The molecule has 0 saturated heterocycles. The number of nitrogens with two attached hydrogens (primary N) is 1. The summed E-state index contributed by atoms with van der Waals surface area (Å²) in [5.41, 5.74) is 7.84. The molecule has 2 aromatic carbocycles. The van der Waals surface area contributed by atoms with E-state index in [2.05, 4.69) is 0 Å². The third-order valence-corrected chi connectivity index (χ3v) is 3.32. The minimum atomic E-state index is -0.193. The molecule has 2 aromatic rings. The molecule has 0 aliphatic rings. The van der Waals surface area contributed by atoms with Gasteiger partial charge in [0, 0.05) is 17.1 Å². The highest BCUT2D eigenvalue weighted by Gasteiger charge is 2.14. The molecule has 0 aliphatic heterocycles. The summed E-state index contributed by atoms with van der Waals surface area (Å²) in [5.74, 6) is 0.791. The van der Waals surface area contributed by atoms with E-state index < -0.39 is 0 Å². The van der Waals surface area contributed by atoms with Crippen molar-refractivity contribution in [2.45, 2.75) is 12.7 Å². The van der Waals surface area contributed by atoms with Crippen molar-refractivity contribution in [3.63, 3.8) is 0 Å². The SMILES string of the molecule is COc1ccccc1C(CN)OCc1ccc(Cl)cc1. The molecule has 0 bridgehead atoms. The zero-order valence-corrected chi connectivity index (χ0v) is 12.1. The van der Waals surface area contributed by atoms with Crippen molar-refractivity contribution in [1.82, 2.24) is 0 Å². The standard InChI is InChI=1S/C16H18ClNO2/c1-19-15-5-3-2-4-14(15)16(10-18)20-11-12-6-8-13(17)9-7-12/h2-9,16H,10-11,18H2,1H3. The second-order valence-electron chi connectivity index (χ2n) is 4.40. The lowest BCUT2D eigenvalue weighted by atomic mass is 10.1. The number of hydrogen-bond donors (Lipinski definition) is 1. The monoisotopic (exact) mass is 291 g/mol. The van der Waals surface area contributed by atoms with Crippen LogP contribution in [0.2, 0.25) is 5.02 Å². The van der Waals surface area contributed by atoms with Gasteiger partial charge < -0.3 is 15.2 Å². The Bertz CT molecular complexity index is 542. The van der Waals surface area contributed by atoms with Crippen LogP contribution in [-0.2, 0) is 11.3 Å². The predicted molar refractivity (Wildman–Crippen MR) is 81.0 cm³/mol. The van der Waals surface area contributed by atoms with Gasteiger partial charge in [-0.25, -0.2) is 0 Å². The van der Waals surface area contributed by atoms with Crippen LogP contribution in [0.1, 0.15) is 17.2 Å². The normalized spacial score (nSPS) is 12.2. The Hall–Kier alpha value is -1.55. The third kappa shape index (κ3) is 3.73. The van der Waals surface area contributed by atoms with E-state index in [-0.39, 0.29) is 6.10 Å². The van der Waals surface area contributed by atoms with E-state index in [4.69, 9.17) is 26.8 Å². The van der Waals surface area contributed by atoms with Gasteiger partial charge in [0.25, 0.3) is 0 Å². The van der Waals surface area contributed by atoms with Crippen molar-refractivity contribution in [3.05, 3.63) is 64.7 Å². The van der Waals surface area contributed by atoms with Gasteiger partial charge in [0.1, 0.15) is 5.75 Å². The van der Waals surface area contributed by atoms with E-state index in [1.54, 1.807) is 7.11 Å². The first-order valence-corrected chi connectivity index (χ1v) is 6.81.